The minimum absolute atomic E-state index is 0.0463. The van der Waals surface area contributed by atoms with Gasteiger partial charge in [-0.2, -0.15) is 13.2 Å². The molecule has 1 aliphatic heterocycles. The quantitative estimate of drug-likeness (QED) is 0.545. The fraction of sp³-hybridized carbons (Fsp3) is 1.00. The largest absolute Gasteiger partial charge is 0.459 e. The summed E-state index contributed by atoms with van der Waals surface area (Å²) in [7, 11) is 0. The van der Waals surface area contributed by atoms with E-state index < -0.39 is 6.30 Å². The Bertz CT molecular complexity index is 126. The molecular formula is C6H11F3N2. The van der Waals surface area contributed by atoms with Crippen molar-refractivity contribution in [3.05, 3.63) is 0 Å². The topological polar surface area (TPSA) is 29.3 Å². The second-order valence-electron chi connectivity index (χ2n) is 2.79. The van der Waals surface area contributed by atoms with Crippen LogP contribution >= 0.6 is 0 Å². The highest BCUT2D eigenvalue weighted by molar-refractivity contribution is 4.74. The van der Waals surface area contributed by atoms with Crippen molar-refractivity contribution in [2.75, 3.05) is 13.1 Å². The molecule has 0 spiro atoms. The van der Waals surface area contributed by atoms with Gasteiger partial charge in [0, 0.05) is 19.1 Å². The van der Waals surface area contributed by atoms with E-state index in [4.69, 9.17) is 5.73 Å². The van der Waals surface area contributed by atoms with Crippen LogP contribution in [-0.4, -0.2) is 30.3 Å². The molecule has 0 amide bonds. The van der Waals surface area contributed by atoms with Gasteiger partial charge >= 0.3 is 6.30 Å². The summed E-state index contributed by atoms with van der Waals surface area (Å²) in [4.78, 5) is 0.510. The van der Waals surface area contributed by atoms with Crippen molar-refractivity contribution < 1.29 is 13.2 Å². The highest BCUT2D eigenvalue weighted by Crippen LogP contribution is 2.24. The Labute approximate surface area is 63.2 Å². The summed E-state index contributed by atoms with van der Waals surface area (Å²) in [5, 5.41) is 0. The van der Waals surface area contributed by atoms with E-state index in [2.05, 4.69) is 0 Å². The Morgan fingerprint density at radius 3 is 2.00 bits per heavy atom. The van der Waals surface area contributed by atoms with Gasteiger partial charge in [-0.25, -0.2) is 4.90 Å². The van der Waals surface area contributed by atoms with Crippen LogP contribution in [0, 0.1) is 0 Å². The van der Waals surface area contributed by atoms with E-state index in [0.29, 0.717) is 17.7 Å². The molecule has 2 nitrogen and oxygen atoms in total. The van der Waals surface area contributed by atoms with E-state index in [1.54, 1.807) is 0 Å². The van der Waals surface area contributed by atoms with E-state index in [9.17, 15) is 13.2 Å². The molecule has 0 aromatic rings. The Morgan fingerprint density at radius 1 is 1.18 bits per heavy atom. The van der Waals surface area contributed by atoms with Crippen LogP contribution in [-0.2, 0) is 0 Å². The lowest BCUT2D eigenvalue weighted by molar-refractivity contribution is -0.249. The van der Waals surface area contributed by atoms with Gasteiger partial charge in [-0.3, -0.25) is 0 Å². The Morgan fingerprint density at radius 2 is 1.64 bits per heavy atom. The first-order valence-corrected chi connectivity index (χ1v) is 3.57. The molecule has 5 heteroatoms. The van der Waals surface area contributed by atoms with Crippen molar-refractivity contribution in [1.29, 1.82) is 0 Å². The Balaban J connectivity index is 2.39. The zero-order chi connectivity index (χ0) is 8.48. The van der Waals surface area contributed by atoms with Gasteiger partial charge in [0.25, 0.3) is 0 Å². The van der Waals surface area contributed by atoms with Crippen LogP contribution in [0.3, 0.4) is 0 Å². The molecule has 0 bridgehead atoms. The average molecular weight is 168 g/mol. The van der Waals surface area contributed by atoms with Crippen LogP contribution in [0.25, 0.3) is 0 Å². The molecule has 0 aromatic carbocycles. The van der Waals surface area contributed by atoms with Crippen LogP contribution < -0.4 is 5.73 Å². The third-order valence-electron chi connectivity index (χ3n) is 1.90. The zero-order valence-electron chi connectivity index (χ0n) is 6.06. The maximum absolute atomic E-state index is 12.0. The van der Waals surface area contributed by atoms with Gasteiger partial charge in [-0.15, -0.1) is 0 Å². The molecule has 0 aliphatic carbocycles. The first-order valence-electron chi connectivity index (χ1n) is 3.57. The third kappa shape index (κ3) is 2.34. The SMILES string of the molecule is NC1CCN(C(F)(F)F)CC1. The summed E-state index contributed by atoms with van der Waals surface area (Å²) in [5.74, 6) is 0. The van der Waals surface area contributed by atoms with Crippen molar-refractivity contribution in [3.8, 4) is 0 Å². The molecule has 1 fully saturated rings. The van der Waals surface area contributed by atoms with E-state index in [1.807, 2.05) is 0 Å². The molecule has 0 aromatic heterocycles. The van der Waals surface area contributed by atoms with Gasteiger partial charge < -0.3 is 5.73 Å². The van der Waals surface area contributed by atoms with Crippen molar-refractivity contribution in [2.24, 2.45) is 5.73 Å². The lowest BCUT2D eigenvalue weighted by atomic mass is 10.1. The van der Waals surface area contributed by atoms with Crippen molar-refractivity contribution >= 4 is 0 Å². The zero-order valence-corrected chi connectivity index (χ0v) is 6.06. The van der Waals surface area contributed by atoms with Gasteiger partial charge in [0.1, 0.15) is 0 Å². The predicted molar refractivity (Wildman–Crippen MR) is 34.8 cm³/mol. The van der Waals surface area contributed by atoms with Gasteiger partial charge in [0.05, 0.1) is 0 Å². The minimum Gasteiger partial charge on any atom is -0.328 e. The summed E-state index contributed by atoms with van der Waals surface area (Å²) in [6.07, 6.45) is -3.28. The number of nitrogens with zero attached hydrogens (tertiary/aromatic N) is 1. The van der Waals surface area contributed by atoms with Gasteiger partial charge in [0.15, 0.2) is 0 Å². The van der Waals surface area contributed by atoms with Crippen LogP contribution in [0.5, 0.6) is 0 Å². The molecule has 0 unspecified atom stereocenters. The van der Waals surface area contributed by atoms with E-state index in [1.165, 1.54) is 0 Å². The summed E-state index contributed by atoms with van der Waals surface area (Å²) in [5.41, 5.74) is 5.45. The predicted octanol–water partition coefficient (Wildman–Crippen LogP) is 0.929. The standard InChI is InChI=1S/C6H11F3N2/c7-6(8,9)11-3-1-5(10)2-4-11/h5H,1-4,10H2. The van der Waals surface area contributed by atoms with Crippen LogP contribution in [0.15, 0.2) is 0 Å². The van der Waals surface area contributed by atoms with Gasteiger partial charge in [-0.1, -0.05) is 0 Å². The summed E-state index contributed by atoms with van der Waals surface area (Å²) >= 11 is 0. The number of halogens is 3. The molecule has 0 atom stereocenters. The monoisotopic (exact) mass is 168 g/mol. The third-order valence-corrected chi connectivity index (χ3v) is 1.90. The van der Waals surface area contributed by atoms with Crippen LogP contribution in [0.1, 0.15) is 12.8 Å². The molecule has 1 saturated heterocycles. The molecule has 0 radical (unpaired) electrons. The van der Waals surface area contributed by atoms with Crippen molar-refractivity contribution in [3.63, 3.8) is 0 Å². The summed E-state index contributed by atoms with van der Waals surface area (Å²) in [6.45, 7) is 0.0926. The second-order valence-corrected chi connectivity index (χ2v) is 2.79. The van der Waals surface area contributed by atoms with E-state index >= 15 is 0 Å². The van der Waals surface area contributed by atoms with E-state index in [-0.39, 0.29) is 19.1 Å². The highest BCUT2D eigenvalue weighted by Gasteiger charge is 2.38. The number of likely N-dealkylation sites (tertiary alicyclic amines) is 1. The highest BCUT2D eigenvalue weighted by atomic mass is 19.4. The fourth-order valence-corrected chi connectivity index (χ4v) is 1.15. The summed E-state index contributed by atoms with van der Waals surface area (Å²) < 4.78 is 35.9. The lowest BCUT2D eigenvalue weighted by Crippen LogP contribution is -2.46. The fourth-order valence-electron chi connectivity index (χ4n) is 1.15. The molecule has 0 saturated carbocycles. The van der Waals surface area contributed by atoms with Crippen LogP contribution in [0.4, 0.5) is 13.2 Å². The maximum Gasteiger partial charge on any atom is 0.459 e. The smallest absolute Gasteiger partial charge is 0.328 e. The number of rotatable bonds is 0. The van der Waals surface area contributed by atoms with Crippen LogP contribution in [0.2, 0.25) is 0 Å². The molecule has 2 N–H and O–H groups in total. The molecule has 11 heavy (non-hydrogen) atoms. The minimum atomic E-state index is -4.17. The van der Waals surface area contributed by atoms with Crippen molar-refractivity contribution in [2.45, 2.75) is 25.2 Å². The van der Waals surface area contributed by atoms with Gasteiger partial charge in [0.2, 0.25) is 0 Å². The lowest BCUT2D eigenvalue weighted by Gasteiger charge is -2.31. The molecule has 1 rings (SSSR count). The number of piperidine rings is 1. The molecule has 1 aliphatic rings. The molecular weight excluding hydrogens is 157 g/mol. The molecule has 66 valence electrons. The normalized spacial score (nSPS) is 24.0. The van der Waals surface area contributed by atoms with Gasteiger partial charge in [-0.05, 0) is 12.8 Å². The first kappa shape index (κ1) is 8.80. The second kappa shape index (κ2) is 2.98. The average Bonchev–Trinajstić information content (AvgIpc) is 1.86. The van der Waals surface area contributed by atoms with E-state index in [0.717, 1.165) is 0 Å². The number of hydrogen-bond acceptors (Lipinski definition) is 2. The summed E-state index contributed by atoms with van der Waals surface area (Å²) in [6, 6.07) is -0.0476. The van der Waals surface area contributed by atoms with Crippen molar-refractivity contribution in [1.82, 2.24) is 4.90 Å². The molecule has 1 heterocycles. The maximum atomic E-state index is 12.0. The number of nitrogens with two attached hydrogens (primary N) is 1. The number of alkyl halides is 3. The Kier molecular flexibility index (Phi) is 2.39. The first-order chi connectivity index (χ1) is 5.00. The Hall–Kier alpha value is -0.290. The number of hydrogen-bond donors (Lipinski definition) is 1.